The van der Waals surface area contributed by atoms with Gasteiger partial charge < -0.3 is 15.0 Å². The molecule has 0 bridgehead atoms. The summed E-state index contributed by atoms with van der Waals surface area (Å²) in [6, 6.07) is 13.6. The van der Waals surface area contributed by atoms with Crippen LogP contribution >= 0.6 is 11.8 Å². The molecular weight excluding hydrogens is 416 g/mol. The zero-order valence-corrected chi connectivity index (χ0v) is 19.3. The van der Waals surface area contributed by atoms with E-state index in [0.717, 1.165) is 34.9 Å². The Balaban J connectivity index is 1.34. The Morgan fingerprint density at radius 2 is 2.00 bits per heavy atom. The molecule has 7 heteroatoms. The number of benzene rings is 2. The van der Waals surface area contributed by atoms with Crippen LogP contribution in [0.2, 0.25) is 0 Å². The fraction of sp³-hybridized carbons (Fsp3) is 0.478. The Labute approximate surface area is 184 Å². The number of rotatable bonds is 7. The second-order valence-electron chi connectivity index (χ2n) is 8.17. The number of anilines is 1. The van der Waals surface area contributed by atoms with Crippen molar-refractivity contribution in [3.63, 3.8) is 0 Å². The molecule has 4 rings (SSSR count). The van der Waals surface area contributed by atoms with E-state index >= 15 is 0 Å². The number of thioether (sulfide) groups is 1. The largest absolute Gasteiger partial charge is 0.493 e. The molecule has 5 nitrogen and oxygen atoms in total. The van der Waals surface area contributed by atoms with E-state index in [1.54, 1.807) is 12.1 Å². The topological polar surface area (TPSA) is 58.6 Å². The van der Waals surface area contributed by atoms with Gasteiger partial charge in [-0.2, -0.15) is 0 Å². The second-order valence-corrected chi connectivity index (χ2v) is 11.8. The minimum Gasteiger partial charge on any atom is -0.493 e. The Hall–Kier alpha value is -1.70. The molecule has 1 fully saturated rings. The molecule has 30 heavy (non-hydrogen) atoms. The number of likely N-dealkylation sites (tertiary alicyclic amines) is 1. The van der Waals surface area contributed by atoms with Gasteiger partial charge >= 0.3 is 0 Å². The van der Waals surface area contributed by atoms with Crippen molar-refractivity contribution >= 4 is 27.3 Å². The summed E-state index contributed by atoms with van der Waals surface area (Å²) in [7, 11) is -3.40. The molecule has 0 amide bonds. The summed E-state index contributed by atoms with van der Waals surface area (Å²) in [5.74, 6) is 0.830. The quantitative estimate of drug-likeness (QED) is 0.629. The normalized spacial score (nSPS) is 21.8. The van der Waals surface area contributed by atoms with Gasteiger partial charge in [0, 0.05) is 30.1 Å². The van der Waals surface area contributed by atoms with E-state index in [1.807, 2.05) is 37.3 Å². The number of hydrogen-bond acceptors (Lipinski definition) is 6. The SMILES string of the molecule is Cc1ccc(S(=O)(=O)C2CNc3cc(OCCCN4CCCC4C)ccc3S2)cc1. The van der Waals surface area contributed by atoms with Crippen molar-refractivity contribution in [1.29, 1.82) is 0 Å². The number of sulfone groups is 1. The molecule has 2 aromatic rings. The van der Waals surface area contributed by atoms with Crippen LogP contribution in [-0.2, 0) is 9.84 Å². The van der Waals surface area contributed by atoms with Gasteiger partial charge in [-0.1, -0.05) is 17.7 Å². The molecule has 2 aliphatic heterocycles. The second kappa shape index (κ2) is 9.20. The third-order valence-electron chi connectivity index (χ3n) is 5.91. The maximum atomic E-state index is 13.0. The van der Waals surface area contributed by atoms with E-state index in [0.29, 0.717) is 24.1 Å². The molecule has 2 aliphatic rings. The molecule has 2 unspecified atom stereocenters. The van der Waals surface area contributed by atoms with Crippen molar-refractivity contribution in [3.8, 4) is 5.75 Å². The highest BCUT2D eigenvalue weighted by Gasteiger charge is 2.32. The van der Waals surface area contributed by atoms with E-state index in [4.69, 9.17) is 4.74 Å². The maximum absolute atomic E-state index is 13.0. The van der Waals surface area contributed by atoms with Gasteiger partial charge in [-0.3, -0.25) is 0 Å². The minimum atomic E-state index is -3.40. The summed E-state index contributed by atoms with van der Waals surface area (Å²) >= 11 is 1.40. The van der Waals surface area contributed by atoms with Crippen LogP contribution in [0.15, 0.2) is 52.3 Å². The van der Waals surface area contributed by atoms with E-state index < -0.39 is 14.4 Å². The highest BCUT2D eigenvalue weighted by atomic mass is 32.3. The highest BCUT2D eigenvalue weighted by Crippen LogP contribution is 2.40. The smallest absolute Gasteiger partial charge is 0.192 e. The van der Waals surface area contributed by atoms with Crippen LogP contribution in [0.4, 0.5) is 5.69 Å². The van der Waals surface area contributed by atoms with Gasteiger partial charge in [0.05, 0.1) is 17.2 Å². The Bertz CT molecular complexity index is 976. The average molecular weight is 447 g/mol. The summed E-state index contributed by atoms with van der Waals surface area (Å²) in [5.41, 5.74) is 2.00. The van der Waals surface area contributed by atoms with Crippen molar-refractivity contribution in [3.05, 3.63) is 48.0 Å². The fourth-order valence-electron chi connectivity index (χ4n) is 4.05. The molecule has 1 N–H and O–H groups in total. The maximum Gasteiger partial charge on any atom is 0.192 e. The van der Waals surface area contributed by atoms with E-state index in [2.05, 4.69) is 17.1 Å². The molecular formula is C23H30N2O3S2. The molecule has 0 aliphatic carbocycles. The Morgan fingerprint density at radius 1 is 1.20 bits per heavy atom. The van der Waals surface area contributed by atoms with Crippen LogP contribution < -0.4 is 10.1 Å². The van der Waals surface area contributed by atoms with E-state index in [-0.39, 0.29) is 0 Å². The van der Waals surface area contributed by atoms with Crippen LogP contribution in [0.1, 0.15) is 31.7 Å². The third-order valence-corrected chi connectivity index (χ3v) is 9.79. The van der Waals surface area contributed by atoms with Gasteiger partial charge in [0.25, 0.3) is 0 Å². The molecule has 0 aromatic heterocycles. The number of hydrogen-bond donors (Lipinski definition) is 1. The first kappa shape index (κ1) is 21.5. The molecule has 2 atom stereocenters. The molecule has 2 aromatic carbocycles. The summed E-state index contributed by atoms with van der Waals surface area (Å²) < 4.78 is 31.4. The van der Waals surface area contributed by atoms with Crippen LogP contribution in [0.25, 0.3) is 0 Å². The molecule has 2 heterocycles. The summed E-state index contributed by atoms with van der Waals surface area (Å²) in [6.45, 7) is 7.61. The van der Waals surface area contributed by atoms with Crippen molar-refractivity contribution in [2.75, 3.05) is 31.6 Å². The first-order chi connectivity index (χ1) is 14.4. The summed E-state index contributed by atoms with van der Waals surface area (Å²) in [4.78, 5) is 3.85. The monoisotopic (exact) mass is 446 g/mol. The van der Waals surface area contributed by atoms with Crippen LogP contribution in [0.3, 0.4) is 0 Å². The van der Waals surface area contributed by atoms with Crippen LogP contribution in [0, 0.1) is 6.92 Å². The Kier molecular flexibility index (Phi) is 6.60. The van der Waals surface area contributed by atoms with Crippen molar-refractivity contribution in [2.45, 2.75) is 53.5 Å². The van der Waals surface area contributed by atoms with E-state index in [1.165, 1.54) is 31.1 Å². The van der Waals surface area contributed by atoms with Gasteiger partial charge in [0.1, 0.15) is 10.3 Å². The summed E-state index contributed by atoms with van der Waals surface area (Å²) in [5, 5.41) is 3.29. The Morgan fingerprint density at radius 3 is 2.73 bits per heavy atom. The minimum absolute atomic E-state index is 0.378. The number of ether oxygens (including phenoxy) is 1. The molecule has 162 valence electrons. The average Bonchev–Trinajstić information content (AvgIpc) is 3.15. The lowest BCUT2D eigenvalue weighted by Gasteiger charge is -2.26. The summed E-state index contributed by atoms with van der Waals surface area (Å²) in [6.07, 6.45) is 3.62. The lowest BCUT2D eigenvalue weighted by atomic mass is 10.2. The van der Waals surface area contributed by atoms with Gasteiger partial charge in [-0.15, -0.1) is 11.8 Å². The van der Waals surface area contributed by atoms with Crippen molar-refractivity contribution < 1.29 is 13.2 Å². The van der Waals surface area contributed by atoms with Crippen molar-refractivity contribution in [1.82, 2.24) is 4.90 Å². The van der Waals surface area contributed by atoms with Crippen LogP contribution in [-0.4, -0.2) is 50.2 Å². The number of nitrogens with zero attached hydrogens (tertiary/aromatic N) is 1. The van der Waals surface area contributed by atoms with Gasteiger partial charge in [0.2, 0.25) is 0 Å². The lowest BCUT2D eigenvalue weighted by molar-refractivity contribution is 0.230. The standard InChI is InChI=1S/C23H30N2O3S2/c1-17-6-9-20(10-7-17)30(26,27)23-16-24-21-15-19(8-11-22(21)29-23)28-14-4-13-25-12-3-5-18(25)2/h6-11,15,18,23-24H,3-5,12-14,16H2,1-2H3. The first-order valence-corrected chi connectivity index (χ1v) is 13.1. The zero-order valence-electron chi connectivity index (χ0n) is 17.6. The predicted molar refractivity (Wildman–Crippen MR) is 123 cm³/mol. The molecule has 1 saturated heterocycles. The third kappa shape index (κ3) is 4.79. The lowest BCUT2D eigenvalue weighted by Crippen LogP contribution is -2.29. The van der Waals surface area contributed by atoms with Gasteiger partial charge in [0.15, 0.2) is 9.84 Å². The molecule has 0 radical (unpaired) electrons. The fourth-order valence-corrected chi connectivity index (χ4v) is 7.18. The van der Waals surface area contributed by atoms with Crippen molar-refractivity contribution in [2.24, 2.45) is 0 Å². The van der Waals surface area contributed by atoms with Gasteiger partial charge in [-0.05, 0) is 63.9 Å². The van der Waals surface area contributed by atoms with Gasteiger partial charge in [-0.25, -0.2) is 8.42 Å². The first-order valence-electron chi connectivity index (χ1n) is 10.7. The highest BCUT2D eigenvalue weighted by molar-refractivity contribution is 8.13. The zero-order chi connectivity index (χ0) is 21.1. The number of fused-ring (bicyclic) bond motifs is 1. The van der Waals surface area contributed by atoms with E-state index in [9.17, 15) is 8.42 Å². The molecule has 0 spiro atoms. The number of aryl methyl sites for hydroxylation is 1. The molecule has 0 saturated carbocycles. The predicted octanol–water partition coefficient (Wildman–Crippen LogP) is 4.57. The number of nitrogens with one attached hydrogen (secondary N) is 1. The van der Waals surface area contributed by atoms with Crippen LogP contribution in [0.5, 0.6) is 5.75 Å².